The number of carbonyl (C=O) groups is 3. The Hall–Kier alpha value is -1.87. The van der Waals surface area contributed by atoms with E-state index in [4.69, 9.17) is 9.15 Å². The van der Waals surface area contributed by atoms with Gasteiger partial charge in [-0.2, -0.15) is 0 Å². The number of nitrogens with zero attached hydrogens (tertiary/aromatic N) is 1. The third-order valence-corrected chi connectivity index (χ3v) is 3.74. The highest BCUT2D eigenvalue weighted by Gasteiger charge is 2.26. The fourth-order valence-electron chi connectivity index (χ4n) is 2.13. The molecule has 0 radical (unpaired) electrons. The Labute approximate surface area is 141 Å². The van der Waals surface area contributed by atoms with Gasteiger partial charge >= 0.3 is 5.97 Å². The van der Waals surface area contributed by atoms with E-state index in [-0.39, 0.29) is 37.1 Å². The van der Waals surface area contributed by atoms with E-state index in [9.17, 15) is 14.4 Å². The first-order valence-corrected chi connectivity index (χ1v) is 7.78. The Kier molecular flexibility index (Phi) is 6.17. The van der Waals surface area contributed by atoms with Crippen molar-refractivity contribution in [2.45, 2.75) is 12.5 Å². The SMILES string of the molecule is COC(=O)C[C@H]1CN(C(=O)CNC(=O)c2ccc(Br)o2)CCO1. The minimum Gasteiger partial charge on any atom is -0.469 e. The Balaban J connectivity index is 1.80. The van der Waals surface area contributed by atoms with Crippen molar-refractivity contribution in [3.8, 4) is 0 Å². The summed E-state index contributed by atoms with van der Waals surface area (Å²) in [5, 5.41) is 2.50. The predicted molar refractivity (Wildman–Crippen MR) is 81.7 cm³/mol. The molecule has 0 unspecified atom stereocenters. The van der Waals surface area contributed by atoms with Crippen LogP contribution in [0.15, 0.2) is 21.2 Å². The van der Waals surface area contributed by atoms with Crippen molar-refractivity contribution in [2.75, 3.05) is 33.4 Å². The minimum atomic E-state index is -0.469. The number of halogens is 1. The highest BCUT2D eigenvalue weighted by atomic mass is 79.9. The first-order chi connectivity index (χ1) is 11.0. The second-order valence-corrected chi connectivity index (χ2v) is 5.68. The standard InChI is InChI=1S/C14H17BrN2O6/c1-21-13(19)6-9-8-17(4-5-22-9)12(18)7-16-14(20)10-2-3-11(15)23-10/h2-3,9H,4-8H2,1H3,(H,16,20)/t9-/m0/s1. The zero-order chi connectivity index (χ0) is 16.8. The Morgan fingerprint density at radius 2 is 2.22 bits per heavy atom. The molecule has 9 heteroatoms. The van der Waals surface area contributed by atoms with E-state index < -0.39 is 12.0 Å². The summed E-state index contributed by atoms with van der Waals surface area (Å²) in [5.41, 5.74) is 0. The fourth-order valence-corrected chi connectivity index (χ4v) is 2.44. The van der Waals surface area contributed by atoms with Crippen LogP contribution in [0.2, 0.25) is 0 Å². The van der Waals surface area contributed by atoms with Crippen LogP contribution < -0.4 is 5.32 Å². The maximum absolute atomic E-state index is 12.1. The van der Waals surface area contributed by atoms with Gasteiger partial charge in [-0.25, -0.2) is 0 Å². The molecular formula is C14H17BrN2O6. The zero-order valence-corrected chi connectivity index (χ0v) is 14.1. The molecule has 1 aromatic rings. The fraction of sp³-hybridized carbons (Fsp3) is 0.500. The van der Waals surface area contributed by atoms with Crippen LogP contribution in [0.1, 0.15) is 17.0 Å². The summed E-state index contributed by atoms with van der Waals surface area (Å²) in [6.45, 7) is 0.892. The van der Waals surface area contributed by atoms with Gasteiger partial charge in [-0.3, -0.25) is 14.4 Å². The normalized spacial score (nSPS) is 17.7. The van der Waals surface area contributed by atoms with Crippen molar-refractivity contribution in [1.82, 2.24) is 10.2 Å². The summed E-state index contributed by atoms with van der Waals surface area (Å²) in [6.07, 6.45) is -0.301. The molecule has 8 nitrogen and oxygen atoms in total. The predicted octanol–water partition coefficient (Wildman–Crippen LogP) is 0.562. The van der Waals surface area contributed by atoms with E-state index in [1.807, 2.05) is 0 Å². The quantitative estimate of drug-likeness (QED) is 0.740. The average molecular weight is 389 g/mol. The van der Waals surface area contributed by atoms with Gasteiger partial charge in [0.2, 0.25) is 5.91 Å². The molecule has 1 aliphatic heterocycles. The molecule has 2 amide bonds. The third-order valence-electron chi connectivity index (χ3n) is 3.31. The summed E-state index contributed by atoms with van der Waals surface area (Å²) in [5.74, 6) is -0.984. The third kappa shape index (κ3) is 5.07. The first-order valence-electron chi connectivity index (χ1n) is 6.99. The lowest BCUT2D eigenvalue weighted by Gasteiger charge is -2.32. The molecule has 2 heterocycles. The van der Waals surface area contributed by atoms with Gasteiger partial charge in [0.15, 0.2) is 10.4 Å². The maximum atomic E-state index is 12.1. The molecule has 0 spiro atoms. The highest BCUT2D eigenvalue weighted by molar-refractivity contribution is 9.10. The lowest BCUT2D eigenvalue weighted by Crippen LogP contribution is -2.49. The summed E-state index contributed by atoms with van der Waals surface area (Å²) >= 11 is 3.10. The molecule has 2 rings (SSSR count). The second kappa shape index (κ2) is 8.11. The number of rotatable bonds is 5. The summed E-state index contributed by atoms with van der Waals surface area (Å²) < 4.78 is 15.6. The van der Waals surface area contributed by atoms with Crippen molar-refractivity contribution in [3.05, 3.63) is 22.6 Å². The van der Waals surface area contributed by atoms with Crippen LogP contribution in [0.3, 0.4) is 0 Å². The van der Waals surface area contributed by atoms with Crippen molar-refractivity contribution < 1.29 is 28.3 Å². The van der Waals surface area contributed by atoms with Crippen LogP contribution in [-0.2, 0) is 19.1 Å². The molecule has 1 N–H and O–H groups in total. The van der Waals surface area contributed by atoms with Gasteiger partial charge in [-0.1, -0.05) is 0 Å². The number of morpholine rings is 1. The van der Waals surface area contributed by atoms with Crippen LogP contribution in [0.25, 0.3) is 0 Å². The van der Waals surface area contributed by atoms with Gasteiger partial charge in [-0.05, 0) is 28.1 Å². The van der Waals surface area contributed by atoms with Crippen molar-refractivity contribution >= 4 is 33.7 Å². The summed E-state index contributed by atoms with van der Waals surface area (Å²) in [6, 6.07) is 3.10. The number of amides is 2. The van der Waals surface area contributed by atoms with Crippen LogP contribution in [0.4, 0.5) is 0 Å². The van der Waals surface area contributed by atoms with E-state index in [0.29, 0.717) is 17.8 Å². The molecule has 0 aliphatic carbocycles. The lowest BCUT2D eigenvalue weighted by molar-refractivity contribution is -0.149. The van der Waals surface area contributed by atoms with Crippen LogP contribution in [-0.4, -0.2) is 62.1 Å². The molecule has 126 valence electrons. The van der Waals surface area contributed by atoms with Gasteiger partial charge in [0.05, 0.1) is 32.8 Å². The van der Waals surface area contributed by atoms with Crippen LogP contribution in [0.5, 0.6) is 0 Å². The van der Waals surface area contributed by atoms with Crippen molar-refractivity contribution in [1.29, 1.82) is 0 Å². The van der Waals surface area contributed by atoms with Gasteiger partial charge in [0.25, 0.3) is 5.91 Å². The van der Waals surface area contributed by atoms with Gasteiger partial charge in [0.1, 0.15) is 0 Å². The molecule has 0 bridgehead atoms. The molecular weight excluding hydrogens is 372 g/mol. The van der Waals surface area contributed by atoms with Gasteiger partial charge < -0.3 is 24.1 Å². The molecule has 1 atom stereocenters. The number of carbonyl (C=O) groups excluding carboxylic acids is 3. The topological polar surface area (TPSA) is 98.1 Å². The number of ether oxygens (including phenoxy) is 2. The lowest BCUT2D eigenvalue weighted by atomic mass is 10.2. The Morgan fingerprint density at radius 3 is 2.87 bits per heavy atom. The molecule has 1 aliphatic rings. The molecule has 1 fully saturated rings. The minimum absolute atomic E-state index is 0.0903. The number of hydrogen-bond acceptors (Lipinski definition) is 6. The molecule has 0 aromatic carbocycles. The molecule has 0 saturated carbocycles. The summed E-state index contributed by atoms with van der Waals surface area (Å²) in [7, 11) is 1.30. The number of nitrogens with one attached hydrogen (secondary N) is 1. The molecule has 23 heavy (non-hydrogen) atoms. The van der Waals surface area contributed by atoms with Crippen molar-refractivity contribution in [2.24, 2.45) is 0 Å². The van der Waals surface area contributed by atoms with E-state index >= 15 is 0 Å². The number of methoxy groups -OCH3 is 1. The Bertz CT molecular complexity index is 588. The zero-order valence-electron chi connectivity index (χ0n) is 12.5. The highest BCUT2D eigenvalue weighted by Crippen LogP contribution is 2.14. The first kappa shape index (κ1) is 17.5. The van der Waals surface area contributed by atoms with E-state index in [1.54, 1.807) is 11.0 Å². The maximum Gasteiger partial charge on any atom is 0.308 e. The van der Waals surface area contributed by atoms with Gasteiger partial charge in [0, 0.05) is 13.1 Å². The van der Waals surface area contributed by atoms with Crippen LogP contribution >= 0.6 is 15.9 Å². The van der Waals surface area contributed by atoms with Crippen LogP contribution in [0, 0.1) is 0 Å². The average Bonchev–Trinajstić information content (AvgIpc) is 2.99. The molecule has 1 saturated heterocycles. The molecule has 1 aromatic heterocycles. The smallest absolute Gasteiger partial charge is 0.308 e. The van der Waals surface area contributed by atoms with Gasteiger partial charge in [-0.15, -0.1) is 0 Å². The summed E-state index contributed by atoms with van der Waals surface area (Å²) in [4.78, 5) is 36.8. The van der Waals surface area contributed by atoms with E-state index in [0.717, 1.165) is 0 Å². The largest absolute Gasteiger partial charge is 0.469 e. The second-order valence-electron chi connectivity index (χ2n) is 4.90. The Morgan fingerprint density at radius 1 is 1.43 bits per heavy atom. The van der Waals surface area contributed by atoms with Crippen molar-refractivity contribution in [3.63, 3.8) is 0 Å². The number of furan rings is 1. The van der Waals surface area contributed by atoms with E-state index in [1.165, 1.54) is 13.2 Å². The number of esters is 1. The van der Waals surface area contributed by atoms with E-state index in [2.05, 4.69) is 26.0 Å². The number of hydrogen-bond donors (Lipinski definition) is 1. The monoisotopic (exact) mass is 388 g/mol.